The van der Waals surface area contributed by atoms with Crippen molar-refractivity contribution in [3.63, 3.8) is 0 Å². The molecule has 0 aliphatic rings. The number of hydrogen-bond acceptors (Lipinski definition) is 2. The molecule has 0 heterocycles. The monoisotopic (exact) mass is 406 g/mol. The Kier molecular flexibility index (Phi) is 12.8. The molecule has 0 N–H and O–H groups in total. The highest BCUT2D eigenvalue weighted by Crippen LogP contribution is 2.28. The van der Waals surface area contributed by atoms with Crippen molar-refractivity contribution in [2.45, 2.75) is 104 Å². The maximum atomic E-state index is 4.66. The summed E-state index contributed by atoms with van der Waals surface area (Å²) in [7, 11) is 0. The van der Waals surface area contributed by atoms with Gasteiger partial charge in [-0.2, -0.15) is 10.2 Å². The Morgan fingerprint density at radius 3 is 1.80 bits per heavy atom. The molecule has 2 nitrogen and oxygen atoms in total. The first-order valence-electron chi connectivity index (χ1n) is 12.4. The molecule has 0 saturated carbocycles. The lowest BCUT2D eigenvalue weighted by molar-refractivity contribution is 0.599. The lowest BCUT2D eigenvalue weighted by Crippen LogP contribution is -1.96. The van der Waals surface area contributed by atoms with Gasteiger partial charge in [-0.05, 0) is 55.0 Å². The molecule has 2 heteroatoms. The molecule has 0 bridgehead atoms. The van der Waals surface area contributed by atoms with Crippen LogP contribution in [0.2, 0.25) is 0 Å². The van der Waals surface area contributed by atoms with E-state index in [1.54, 1.807) is 0 Å². The lowest BCUT2D eigenvalue weighted by Gasteiger charge is -2.12. The summed E-state index contributed by atoms with van der Waals surface area (Å²) in [6.07, 6.45) is 18.3. The molecule has 0 radical (unpaired) electrons. The van der Waals surface area contributed by atoms with E-state index in [2.05, 4.69) is 42.3 Å². The van der Waals surface area contributed by atoms with Crippen molar-refractivity contribution in [2.75, 3.05) is 0 Å². The normalized spacial score (nSPS) is 11.4. The number of unbranched alkanes of at least 4 members (excludes halogenated alkanes) is 10. The molecular weight excluding hydrogens is 364 g/mol. The summed E-state index contributed by atoms with van der Waals surface area (Å²) in [5.41, 5.74) is 4.91. The molecule has 30 heavy (non-hydrogen) atoms. The second-order valence-corrected chi connectivity index (χ2v) is 8.49. The van der Waals surface area contributed by atoms with E-state index in [0.29, 0.717) is 0 Å². The molecule has 2 aromatic carbocycles. The van der Waals surface area contributed by atoms with Crippen molar-refractivity contribution >= 4 is 11.4 Å². The summed E-state index contributed by atoms with van der Waals surface area (Å²) in [5, 5.41) is 9.16. The van der Waals surface area contributed by atoms with Crippen LogP contribution in [0.4, 0.5) is 11.4 Å². The third kappa shape index (κ3) is 9.69. The van der Waals surface area contributed by atoms with Gasteiger partial charge in [0.2, 0.25) is 0 Å². The van der Waals surface area contributed by atoms with Crippen LogP contribution in [-0.4, -0.2) is 0 Å². The third-order valence-corrected chi connectivity index (χ3v) is 5.86. The number of benzene rings is 2. The average molecular weight is 407 g/mol. The molecule has 0 atom stereocenters. The van der Waals surface area contributed by atoms with Crippen LogP contribution in [0.5, 0.6) is 0 Å². The number of azo groups is 1. The summed E-state index contributed by atoms with van der Waals surface area (Å²) in [6, 6.07) is 16.7. The van der Waals surface area contributed by atoms with Gasteiger partial charge in [0.05, 0.1) is 11.4 Å². The highest BCUT2D eigenvalue weighted by Gasteiger charge is 2.09. The Labute approximate surface area is 185 Å². The van der Waals surface area contributed by atoms with Crippen LogP contribution in [-0.2, 0) is 12.8 Å². The van der Waals surface area contributed by atoms with Gasteiger partial charge in [0.15, 0.2) is 0 Å². The topological polar surface area (TPSA) is 24.7 Å². The molecule has 0 aliphatic heterocycles. The predicted molar refractivity (Wildman–Crippen MR) is 131 cm³/mol. The van der Waals surface area contributed by atoms with E-state index >= 15 is 0 Å². The maximum Gasteiger partial charge on any atom is 0.0891 e. The van der Waals surface area contributed by atoms with Gasteiger partial charge in [-0.25, -0.2) is 0 Å². The van der Waals surface area contributed by atoms with Crippen molar-refractivity contribution in [1.82, 2.24) is 0 Å². The van der Waals surface area contributed by atoms with Crippen LogP contribution >= 0.6 is 0 Å². The van der Waals surface area contributed by atoms with E-state index in [9.17, 15) is 0 Å². The average Bonchev–Trinajstić information content (AvgIpc) is 2.78. The van der Waals surface area contributed by atoms with Gasteiger partial charge in [0, 0.05) is 0 Å². The predicted octanol–water partition coefficient (Wildman–Crippen LogP) is 9.91. The first-order chi connectivity index (χ1) is 14.8. The summed E-state index contributed by atoms with van der Waals surface area (Å²) < 4.78 is 0. The third-order valence-electron chi connectivity index (χ3n) is 5.86. The van der Waals surface area contributed by atoms with E-state index in [-0.39, 0.29) is 0 Å². The van der Waals surface area contributed by atoms with Crippen molar-refractivity contribution in [3.05, 3.63) is 59.7 Å². The number of nitrogens with zero attached hydrogens (tertiary/aromatic N) is 2. The van der Waals surface area contributed by atoms with Crippen LogP contribution < -0.4 is 0 Å². The Hall–Kier alpha value is -1.96. The Morgan fingerprint density at radius 1 is 0.533 bits per heavy atom. The summed E-state index contributed by atoms with van der Waals surface area (Å²) in [4.78, 5) is 0. The van der Waals surface area contributed by atoms with E-state index in [4.69, 9.17) is 0 Å². The highest BCUT2D eigenvalue weighted by molar-refractivity contribution is 5.51. The van der Waals surface area contributed by atoms with Crippen LogP contribution in [0.25, 0.3) is 0 Å². The fraction of sp³-hybridized carbons (Fsp3) is 0.571. The fourth-order valence-electron chi connectivity index (χ4n) is 4.02. The maximum absolute atomic E-state index is 4.66. The zero-order valence-corrected chi connectivity index (χ0v) is 19.4. The zero-order chi connectivity index (χ0) is 21.3. The molecular formula is C28H42N2. The molecule has 164 valence electrons. The van der Waals surface area contributed by atoms with Gasteiger partial charge in [-0.1, -0.05) is 108 Å². The second-order valence-electron chi connectivity index (χ2n) is 8.49. The van der Waals surface area contributed by atoms with Gasteiger partial charge >= 0.3 is 0 Å². The molecule has 2 rings (SSSR count). The molecule has 0 unspecified atom stereocenters. The smallest absolute Gasteiger partial charge is 0.0891 e. The van der Waals surface area contributed by atoms with Crippen molar-refractivity contribution in [1.29, 1.82) is 0 Å². The summed E-state index contributed by atoms with van der Waals surface area (Å²) in [5.74, 6) is 0. The van der Waals surface area contributed by atoms with E-state index in [1.807, 2.05) is 30.3 Å². The largest absolute Gasteiger partial charge is 0.151 e. The minimum Gasteiger partial charge on any atom is -0.151 e. The second kappa shape index (κ2) is 15.8. The van der Waals surface area contributed by atoms with Gasteiger partial charge in [0.1, 0.15) is 0 Å². The molecule has 0 amide bonds. The van der Waals surface area contributed by atoms with Gasteiger partial charge in [0.25, 0.3) is 0 Å². The SMILES string of the molecule is CCCCCCCCc1cccc(N=Nc2ccccc2)c1CCCCCCCC. The number of rotatable bonds is 16. The number of aryl methyl sites for hydroxylation is 1. The van der Waals surface area contributed by atoms with Gasteiger partial charge in [-0.3, -0.25) is 0 Å². The zero-order valence-electron chi connectivity index (χ0n) is 19.4. The van der Waals surface area contributed by atoms with Crippen LogP contribution in [0.3, 0.4) is 0 Å². The van der Waals surface area contributed by atoms with Crippen molar-refractivity contribution in [2.24, 2.45) is 10.2 Å². The Bertz CT molecular complexity index is 706. The summed E-state index contributed by atoms with van der Waals surface area (Å²) in [6.45, 7) is 4.56. The van der Waals surface area contributed by atoms with Crippen LogP contribution in [0, 0.1) is 0 Å². The number of hydrogen-bond donors (Lipinski definition) is 0. The molecule has 2 aromatic rings. The van der Waals surface area contributed by atoms with E-state index in [0.717, 1.165) is 17.8 Å². The van der Waals surface area contributed by atoms with Gasteiger partial charge in [-0.15, -0.1) is 0 Å². The minimum atomic E-state index is 0.921. The van der Waals surface area contributed by atoms with Gasteiger partial charge < -0.3 is 0 Å². The Morgan fingerprint density at radius 2 is 1.13 bits per heavy atom. The molecule has 0 spiro atoms. The first-order valence-corrected chi connectivity index (χ1v) is 12.4. The Balaban J connectivity index is 2.01. The van der Waals surface area contributed by atoms with Crippen molar-refractivity contribution < 1.29 is 0 Å². The molecule has 0 fully saturated rings. The van der Waals surface area contributed by atoms with Crippen molar-refractivity contribution in [3.8, 4) is 0 Å². The molecule has 0 aliphatic carbocycles. The van der Waals surface area contributed by atoms with E-state index in [1.165, 1.54) is 94.6 Å². The first kappa shape index (κ1) is 24.3. The quantitative estimate of drug-likeness (QED) is 0.196. The lowest BCUT2D eigenvalue weighted by atomic mass is 9.95. The van der Waals surface area contributed by atoms with Crippen LogP contribution in [0.15, 0.2) is 58.8 Å². The highest BCUT2D eigenvalue weighted by atomic mass is 15.1. The molecule has 0 aromatic heterocycles. The van der Waals surface area contributed by atoms with E-state index < -0.39 is 0 Å². The minimum absolute atomic E-state index is 0.921. The fourth-order valence-corrected chi connectivity index (χ4v) is 4.02. The van der Waals surface area contributed by atoms with Crippen LogP contribution in [0.1, 0.15) is 102 Å². The standard InChI is InChI=1S/C28H42N2/c1-3-5-7-9-11-14-19-25-20-18-24-28(30-29-26-21-15-13-16-22-26)27(25)23-17-12-10-8-6-4-2/h13,15-16,18,20-22,24H,3-12,14,17,19,23H2,1-2H3. The summed E-state index contributed by atoms with van der Waals surface area (Å²) >= 11 is 0. The molecule has 0 saturated heterocycles.